The van der Waals surface area contributed by atoms with Crippen LogP contribution in [-0.2, 0) is 0 Å². The summed E-state index contributed by atoms with van der Waals surface area (Å²) in [7, 11) is 0. The minimum absolute atomic E-state index is 0.0790. The maximum Gasteiger partial charge on any atom is 0.170 e. The van der Waals surface area contributed by atoms with Gasteiger partial charge in [0, 0.05) is 17.1 Å². The van der Waals surface area contributed by atoms with Gasteiger partial charge >= 0.3 is 0 Å². The highest BCUT2D eigenvalue weighted by atomic mass is 35.5. The van der Waals surface area contributed by atoms with E-state index in [9.17, 15) is 0 Å². The molecule has 0 unspecified atom stereocenters. The Labute approximate surface area is 157 Å². The predicted molar refractivity (Wildman–Crippen MR) is 103 cm³/mol. The Kier molecular flexibility index (Phi) is 4.74. The number of hydrogen-bond acceptors (Lipinski definition) is 3. The van der Waals surface area contributed by atoms with E-state index in [1.54, 1.807) is 11.3 Å². The van der Waals surface area contributed by atoms with E-state index in [4.69, 9.17) is 23.8 Å². The number of halogens is 1. The summed E-state index contributed by atoms with van der Waals surface area (Å²) >= 11 is 13.6. The minimum atomic E-state index is 0.0790. The van der Waals surface area contributed by atoms with Crippen LogP contribution in [0.5, 0.6) is 0 Å². The zero-order chi connectivity index (χ0) is 16.5. The molecule has 3 nitrogen and oxygen atoms in total. The van der Waals surface area contributed by atoms with Gasteiger partial charge in [-0.15, -0.1) is 11.3 Å². The molecular formula is C18H20ClN3S2. The first-order valence-electron chi connectivity index (χ1n) is 8.49. The summed E-state index contributed by atoms with van der Waals surface area (Å²) in [6.07, 6.45) is 8.19. The van der Waals surface area contributed by atoms with Crippen molar-refractivity contribution in [2.45, 2.75) is 50.2 Å². The normalized spacial score (nSPS) is 25.0. The van der Waals surface area contributed by atoms with Crippen LogP contribution in [0, 0.1) is 0 Å². The second-order valence-electron chi connectivity index (χ2n) is 6.47. The third-order valence-electron chi connectivity index (χ3n) is 4.99. The highest BCUT2D eigenvalue weighted by Crippen LogP contribution is 2.44. The highest BCUT2D eigenvalue weighted by Gasteiger charge is 2.43. The fourth-order valence-electron chi connectivity index (χ4n) is 3.91. The van der Waals surface area contributed by atoms with Gasteiger partial charge in [0.15, 0.2) is 5.11 Å². The van der Waals surface area contributed by atoms with E-state index in [2.05, 4.69) is 27.3 Å². The van der Waals surface area contributed by atoms with Gasteiger partial charge in [-0.05, 0) is 49.3 Å². The van der Waals surface area contributed by atoms with Crippen molar-refractivity contribution in [1.82, 2.24) is 15.2 Å². The second-order valence-corrected chi connectivity index (χ2v) is 8.60. The van der Waals surface area contributed by atoms with Gasteiger partial charge in [0.2, 0.25) is 0 Å². The molecule has 2 atom stereocenters. The van der Waals surface area contributed by atoms with E-state index in [-0.39, 0.29) is 12.1 Å². The van der Waals surface area contributed by atoms with Crippen LogP contribution in [-0.4, -0.2) is 21.0 Å². The molecule has 0 bridgehead atoms. The lowest BCUT2D eigenvalue weighted by Crippen LogP contribution is -2.40. The fourth-order valence-corrected chi connectivity index (χ4v) is 5.50. The molecule has 1 saturated heterocycles. The zero-order valence-corrected chi connectivity index (χ0v) is 15.7. The van der Waals surface area contributed by atoms with Crippen molar-refractivity contribution in [3.05, 3.63) is 51.4 Å². The number of nitrogens with one attached hydrogen (secondary N) is 1. The molecule has 0 aromatic carbocycles. The molecule has 0 amide bonds. The average Bonchev–Trinajstić information content (AvgIpc) is 3.19. The summed E-state index contributed by atoms with van der Waals surface area (Å²) in [5.41, 5.74) is 1.03. The van der Waals surface area contributed by atoms with E-state index in [0.717, 1.165) is 15.1 Å². The third kappa shape index (κ3) is 3.05. The van der Waals surface area contributed by atoms with Crippen molar-refractivity contribution in [3.8, 4) is 0 Å². The van der Waals surface area contributed by atoms with Crippen LogP contribution in [0.2, 0.25) is 4.34 Å². The molecule has 1 saturated carbocycles. The number of thiophene rings is 1. The van der Waals surface area contributed by atoms with Gasteiger partial charge in [0.1, 0.15) is 0 Å². The van der Waals surface area contributed by atoms with E-state index in [1.807, 2.05) is 24.4 Å². The van der Waals surface area contributed by atoms with Gasteiger partial charge in [0.25, 0.3) is 0 Å². The van der Waals surface area contributed by atoms with E-state index >= 15 is 0 Å². The lowest BCUT2D eigenvalue weighted by atomic mass is 9.92. The summed E-state index contributed by atoms with van der Waals surface area (Å²) in [6, 6.07) is 11.0. The van der Waals surface area contributed by atoms with Crippen LogP contribution in [0.1, 0.15) is 54.8 Å². The summed E-state index contributed by atoms with van der Waals surface area (Å²) in [5.74, 6) is 0. The molecule has 2 fully saturated rings. The molecule has 24 heavy (non-hydrogen) atoms. The standard InChI is InChI=1S/C18H20ClN3S2/c19-15-10-9-14(24-15)17-16(13-8-4-5-11-20-13)21-18(23)22(17)12-6-2-1-3-7-12/h4-5,8-12,16-17H,1-3,6-7H2,(H,21,23)/t16-,17+/m1/s1. The van der Waals surface area contributed by atoms with Crippen LogP contribution in [0.3, 0.4) is 0 Å². The molecule has 1 N–H and O–H groups in total. The Morgan fingerprint density at radius 2 is 2.00 bits per heavy atom. The fraction of sp³-hybridized carbons (Fsp3) is 0.444. The first-order chi connectivity index (χ1) is 11.7. The molecule has 126 valence electrons. The summed E-state index contributed by atoms with van der Waals surface area (Å²) in [4.78, 5) is 8.26. The Hall–Kier alpha value is -1.17. The molecule has 3 heterocycles. The number of nitrogens with zero attached hydrogens (tertiary/aromatic N) is 2. The van der Waals surface area contributed by atoms with Crippen LogP contribution < -0.4 is 5.32 Å². The molecule has 0 radical (unpaired) electrons. The van der Waals surface area contributed by atoms with Crippen molar-refractivity contribution in [1.29, 1.82) is 0 Å². The van der Waals surface area contributed by atoms with E-state index in [0.29, 0.717) is 6.04 Å². The number of pyridine rings is 1. The smallest absolute Gasteiger partial charge is 0.170 e. The lowest BCUT2D eigenvalue weighted by molar-refractivity contribution is 0.199. The number of aromatic nitrogens is 1. The monoisotopic (exact) mass is 377 g/mol. The average molecular weight is 378 g/mol. The first-order valence-corrected chi connectivity index (χ1v) is 10.1. The maximum atomic E-state index is 6.23. The van der Waals surface area contributed by atoms with Gasteiger partial charge in [-0.2, -0.15) is 0 Å². The molecule has 0 spiro atoms. The predicted octanol–water partition coefficient (Wildman–Crippen LogP) is 5.10. The Morgan fingerprint density at radius 3 is 2.67 bits per heavy atom. The third-order valence-corrected chi connectivity index (χ3v) is 6.62. The SMILES string of the molecule is S=C1N[C@H](c2ccccn2)[C@H](c2ccc(Cl)s2)N1C1CCCCC1. The van der Waals surface area contributed by atoms with Gasteiger partial charge in [-0.3, -0.25) is 4.98 Å². The first kappa shape index (κ1) is 16.3. The Bertz CT molecular complexity index is 712. The Balaban J connectivity index is 1.73. The van der Waals surface area contributed by atoms with Crippen molar-refractivity contribution >= 4 is 40.3 Å². The summed E-state index contributed by atoms with van der Waals surface area (Å²) in [6.45, 7) is 0. The number of thiocarbonyl (C=S) groups is 1. The summed E-state index contributed by atoms with van der Waals surface area (Å²) < 4.78 is 0.825. The summed E-state index contributed by atoms with van der Waals surface area (Å²) in [5, 5.41) is 4.39. The second kappa shape index (κ2) is 6.98. The van der Waals surface area contributed by atoms with Crippen LogP contribution in [0.15, 0.2) is 36.5 Å². The zero-order valence-electron chi connectivity index (χ0n) is 13.3. The molecule has 4 rings (SSSR count). The molecule has 2 aromatic heterocycles. The highest BCUT2D eigenvalue weighted by molar-refractivity contribution is 7.80. The van der Waals surface area contributed by atoms with Gasteiger partial charge in [-0.25, -0.2) is 0 Å². The minimum Gasteiger partial charge on any atom is -0.352 e. The van der Waals surface area contributed by atoms with Crippen molar-refractivity contribution < 1.29 is 0 Å². The lowest BCUT2D eigenvalue weighted by Gasteiger charge is -2.36. The van der Waals surface area contributed by atoms with Crippen molar-refractivity contribution in [2.75, 3.05) is 0 Å². The number of rotatable bonds is 3. The van der Waals surface area contributed by atoms with Gasteiger partial charge < -0.3 is 10.2 Å². The largest absolute Gasteiger partial charge is 0.352 e. The van der Waals surface area contributed by atoms with Gasteiger partial charge in [0.05, 0.1) is 22.1 Å². The Morgan fingerprint density at radius 1 is 1.17 bits per heavy atom. The van der Waals surface area contributed by atoms with Crippen LogP contribution >= 0.6 is 35.2 Å². The molecule has 2 aliphatic rings. The van der Waals surface area contributed by atoms with Crippen molar-refractivity contribution in [3.63, 3.8) is 0 Å². The van der Waals surface area contributed by atoms with E-state index in [1.165, 1.54) is 37.0 Å². The maximum absolute atomic E-state index is 6.23. The molecule has 6 heteroatoms. The molecule has 1 aliphatic heterocycles. The van der Waals surface area contributed by atoms with Gasteiger partial charge in [-0.1, -0.05) is 36.9 Å². The quantitative estimate of drug-likeness (QED) is 0.753. The molecular weight excluding hydrogens is 358 g/mol. The topological polar surface area (TPSA) is 28.2 Å². The van der Waals surface area contributed by atoms with Crippen molar-refractivity contribution in [2.24, 2.45) is 0 Å². The molecule has 2 aromatic rings. The number of hydrogen-bond donors (Lipinski definition) is 1. The van der Waals surface area contributed by atoms with Crippen LogP contribution in [0.25, 0.3) is 0 Å². The molecule has 1 aliphatic carbocycles. The van der Waals surface area contributed by atoms with Crippen LogP contribution in [0.4, 0.5) is 0 Å². The van der Waals surface area contributed by atoms with E-state index < -0.39 is 0 Å².